The molecule has 0 spiro atoms. The average Bonchev–Trinajstić information content (AvgIpc) is 2.43. The van der Waals surface area contributed by atoms with Gasteiger partial charge in [0.2, 0.25) is 5.91 Å². The number of aliphatic carboxylic acids is 1. The molecule has 0 bridgehead atoms. The minimum Gasteiger partial charge on any atom is -0.497 e. The highest BCUT2D eigenvalue weighted by Crippen LogP contribution is 2.35. The first kappa shape index (κ1) is 15.4. The van der Waals surface area contributed by atoms with E-state index in [4.69, 9.17) is 9.84 Å². The highest BCUT2D eigenvalue weighted by atomic mass is 16.5. The Kier molecular flexibility index (Phi) is 4.50. The van der Waals surface area contributed by atoms with Crippen LogP contribution in [-0.2, 0) is 9.59 Å². The predicted molar refractivity (Wildman–Crippen MR) is 78.4 cm³/mol. The van der Waals surface area contributed by atoms with E-state index in [-0.39, 0.29) is 18.2 Å². The second kappa shape index (κ2) is 6.16. The molecule has 0 saturated heterocycles. The maximum Gasteiger partial charge on any atom is 0.305 e. The molecule has 0 aromatic heterocycles. The lowest BCUT2D eigenvalue weighted by Gasteiger charge is -2.42. The van der Waals surface area contributed by atoms with Crippen molar-refractivity contribution in [1.29, 1.82) is 0 Å². The molecule has 1 saturated carbocycles. The van der Waals surface area contributed by atoms with Gasteiger partial charge in [-0.3, -0.25) is 9.59 Å². The molecule has 5 heteroatoms. The first-order valence-electron chi connectivity index (χ1n) is 7.13. The summed E-state index contributed by atoms with van der Waals surface area (Å²) < 4.78 is 5.16. The van der Waals surface area contributed by atoms with E-state index in [9.17, 15) is 9.59 Å². The molecular formula is C16H21NO4. The Morgan fingerprint density at radius 3 is 2.67 bits per heavy atom. The molecule has 1 aromatic carbocycles. The van der Waals surface area contributed by atoms with Crippen molar-refractivity contribution in [2.75, 3.05) is 7.11 Å². The van der Waals surface area contributed by atoms with Crippen LogP contribution in [-0.4, -0.2) is 29.6 Å². The maximum atomic E-state index is 12.4. The molecule has 2 N–H and O–H groups in total. The van der Waals surface area contributed by atoms with Gasteiger partial charge in [-0.25, -0.2) is 0 Å². The molecule has 1 fully saturated rings. The molecule has 1 amide bonds. The fourth-order valence-corrected chi connectivity index (χ4v) is 2.67. The van der Waals surface area contributed by atoms with Crippen LogP contribution in [0.15, 0.2) is 24.3 Å². The van der Waals surface area contributed by atoms with Gasteiger partial charge in [0, 0.05) is 0 Å². The summed E-state index contributed by atoms with van der Waals surface area (Å²) in [6.07, 6.45) is 2.41. The molecule has 1 atom stereocenters. The molecule has 1 aliphatic carbocycles. The lowest BCUT2D eigenvalue weighted by Crippen LogP contribution is -2.55. The summed E-state index contributed by atoms with van der Waals surface area (Å²) in [6, 6.07) is 7.37. The maximum absolute atomic E-state index is 12.4. The number of nitrogens with one attached hydrogen (secondary N) is 1. The fourth-order valence-electron chi connectivity index (χ4n) is 2.67. The molecule has 114 valence electrons. The number of methoxy groups -OCH3 is 1. The second-order valence-corrected chi connectivity index (χ2v) is 5.69. The van der Waals surface area contributed by atoms with Crippen LogP contribution in [0.25, 0.3) is 0 Å². The van der Waals surface area contributed by atoms with Gasteiger partial charge in [0.1, 0.15) is 5.75 Å². The van der Waals surface area contributed by atoms with Crippen LogP contribution in [0.3, 0.4) is 0 Å². The van der Waals surface area contributed by atoms with Gasteiger partial charge < -0.3 is 15.2 Å². The Labute approximate surface area is 124 Å². The SMILES string of the molecule is COc1cccc(C(C)C(=O)NC2(CC(=O)O)CCC2)c1. The van der Waals surface area contributed by atoms with Crippen molar-refractivity contribution in [1.82, 2.24) is 5.32 Å². The third kappa shape index (κ3) is 3.54. The monoisotopic (exact) mass is 291 g/mol. The van der Waals surface area contributed by atoms with Crippen molar-refractivity contribution in [2.24, 2.45) is 0 Å². The largest absolute Gasteiger partial charge is 0.497 e. The van der Waals surface area contributed by atoms with E-state index in [1.807, 2.05) is 31.2 Å². The minimum atomic E-state index is -0.871. The summed E-state index contributed by atoms with van der Waals surface area (Å²) in [6.45, 7) is 1.82. The van der Waals surface area contributed by atoms with Crippen molar-refractivity contribution in [3.8, 4) is 5.75 Å². The van der Waals surface area contributed by atoms with Crippen LogP contribution in [0, 0.1) is 0 Å². The van der Waals surface area contributed by atoms with Crippen LogP contribution in [0.1, 0.15) is 44.1 Å². The molecule has 21 heavy (non-hydrogen) atoms. The van der Waals surface area contributed by atoms with Gasteiger partial charge in [0.25, 0.3) is 0 Å². The molecule has 0 radical (unpaired) electrons. The topological polar surface area (TPSA) is 75.6 Å². The number of benzene rings is 1. The minimum absolute atomic E-state index is 0.0103. The highest BCUT2D eigenvalue weighted by Gasteiger charge is 2.41. The lowest BCUT2D eigenvalue weighted by atomic mass is 9.74. The zero-order valence-electron chi connectivity index (χ0n) is 12.4. The summed E-state index contributed by atoms with van der Waals surface area (Å²) in [5.41, 5.74) is 0.299. The molecular weight excluding hydrogens is 270 g/mol. The van der Waals surface area contributed by atoms with Crippen molar-refractivity contribution < 1.29 is 19.4 Å². The first-order valence-corrected chi connectivity index (χ1v) is 7.13. The van der Waals surface area contributed by atoms with Crippen molar-refractivity contribution in [2.45, 2.75) is 44.1 Å². The van der Waals surface area contributed by atoms with Gasteiger partial charge in [-0.15, -0.1) is 0 Å². The van der Waals surface area contributed by atoms with Gasteiger partial charge in [-0.2, -0.15) is 0 Å². The van der Waals surface area contributed by atoms with E-state index in [1.165, 1.54) is 0 Å². The van der Waals surface area contributed by atoms with E-state index in [2.05, 4.69) is 5.32 Å². The number of carbonyl (C=O) groups is 2. The van der Waals surface area contributed by atoms with E-state index >= 15 is 0 Å². The number of hydrogen-bond acceptors (Lipinski definition) is 3. The molecule has 2 rings (SSSR count). The smallest absolute Gasteiger partial charge is 0.305 e. The van der Waals surface area contributed by atoms with Gasteiger partial charge >= 0.3 is 5.97 Å². The third-order valence-corrected chi connectivity index (χ3v) is 4.18. The fraction of sp³-hybridized carbons (Fsp3) is 0.500. The number of carboxylic acids is 1. The predicted octanol–water partition coefficient (Wildman–Crippen LogP) is 2.31. The zero-order valence-corrected chi connectivity index (χ0v) is 12.4. The third-order valence-electron chi connectivity index (χ3n) is 4.18. The molecule has 0 heterocycles. The Bertz CT molecular complexity index is 537. The molecule has 1 aliphatic rings. The van der Waals surface area contributed by atoms with Crippen LogP contribution in [0.4, 0.5) is 0 Å². The van der Waals surface area contributed by atoms with Crippen LogP contribution in [0.2, 0.25) is 0 Å². The Balaban J connectivity index is 2.06. The average molecular weight is 291 g/mol. The molecule has 1 aromatic rings. The van der Waals surface area contributed by atoms with Gasteiger partial charge in [0.05, 0.1) is 25.0 Å². The summed E-state index contributed by atoms with van der Waals surface area (Å²) in [5, 5.41) is 11.9. The van der Waals surface area contributed by atoms with Crippen LogP contribution >= 0.6 is 0 Å². The Morgan fingerprint density at radius 2 is 2.14 bits per heavy atom. The summed E-state index contributed by atoms with van der Waals surface area (Å²) >= 11 is 0. The highest BCUT2D eigenvalue weighted by molar-refractivity contribution is 5.85. The van der Waals surface area contributed by atoms with Crippen molar-refractivity contribution in [3.05, 3.63) is 29.8 Å². The van der Waals surface area contributed by atoms with Gasteiger partial charge in [-0.1, -0.05) is 12.1 Å². The van der Waals surface area contributed by atoms with E-state index in [0.29, 0.717) is 5.75 Å². The second-order valence-electron chi connectivity index (χ2n) is 5.69. The van der Waals surface area contributed by atoms with Crippen LogP contribution in [0.5, 0.6) is 5.75 Å². The Morgan fingerprint density at radius 1 is 1.43 bits per heavy atom. The molecule has 1 unspecified atom stereocenters. The van der Waals surface area contributed by atoms with E-state index in [1.54, 1.807) is 7.11 Å². The Hall–Kier alpha value is -2.04. The number of rotatable bonds is 6. The summed E-state index contributed by atoms with van der Waals surface area (Å²) in [7, 11) is 1.58. The molecule has 0 aliphatic heterocycles. The number of amides is 1. The number of ether oxygens (including phenoxy) is 1. The number of carboxylic acid groups (broad SMARTS) is 1. The van der Waals surface area contributed by atoms with Crippen molar-refractivity contribution >= 4 is 11.9 Å². The lowest BCUT2D eigenvalue weighted by molar-refractivity contribution is -0.140. The van der Waals surface area contributed by atoms with E-state index in [0.717, 1.165) is 24.8 Å². The standard InChI is InChI=1S/C16H21NO4/c1-11(12-5-3-6-13(9-12)21-2)15(20)17-16(7-4-8-16)10-14(18)19/h3,5-6,9,11H,4,7-8,10H2,1-2H3,(H,17,20)(H,18,19). The quantitative estimate of drug-likeness (QED) is 0.843. The van der Waals surface area contributed by atoms with E-state index < -0.39 is 11.5 Å². The zero-order chi connectivity index (χ0) is 15.5. The molecule has 5 nitrogen and oxygen atoms in total. The van der Waals surface area contributed by atoms with Gasteiger partial charge in [0.15, 0.2) is 0 Å². The summed E-state index contributed by atoms with van der Waals surface area (Å²) in [4.78, 5) is 23.3. The first-order chi connectivity index (χ1) is 9.96. The summed E-state index contributed by atoms with van der Waals surface area (Å²) in [5.74, 6) is -0.643. The van der Waals surface area contributed by atoms with Crippen molar-refractivity contribution in [3.63, 3.8) is 0 Å². The number of carbonyl (C=O) groups excluding carboxylic acids is 1. The normalized spacial score (nSPS) is 17.4. The number of hydrogen-bond donors (Lipinski definition) is 2. The van der Waals surface area contributed by atoms with Crippen LogP contribution < -0.4 is 10.1 Å². The van der Waals surface area contributed by atoms with Gasteiger partial charge in [-0.05, 0) is 43.9 Å².